The molecule has 0 radical (unpaired) electrons. The molecule has 0 aliphatic carbocycles. The van der Waals surface area contributed by atoms with E-state index in [1.54, 1.807) is 13.2 Å². The third kappa shape index (κ3) is 5.52. The monoisotopic (exact) mass is 417 g/mol. The maximum atomic E-state index is 5.87. The molecular weight excluding hydrogens is 386 g/mol. The summed E-state index contributed by atoms with van der Waals surface area (Å²) in [6, 6.07) is 17.3. The van der Waals surface area contributed by atoms with Crippen LogP contribution in [0.25, 0.3) is 11.1 Å². The zero-order chi connectivity index (χ0) is 21.5. The first-order valence-corrected chi connectivity index (χ1v) is 10.9. The Bertz CT molecular complexity index is 989. The minimum atomic E-state index is -0.103. The highest BCUT2D eigenvalue weighted by molar-refractivity contribution is 5.80. The van der Waals surface area contributed by atoms with Gasteiger partial charge in [0, 0.05) is 45.7 Å². The van der Waals surface area contributed by atoms with Crippen molar-refractivity contribution in [3.8, 4) is 11.1 Å². The van der Waals surface area contributed by atoms with Crippen molar-refractivity contribution in [2.75, 3.05) is 20.2 Å². The lowest BCUT2D eigenvalue weighted by molar-refractivity contribution is 0.0243. The van der Waals surface area contributed by atoms with E-state index in [2.05, 4.69) is 80.6 Å². The van der Waals surface area contributed by atoms with Gasteiger partial charge in [0.25, 0.3) is 0 Å². The van der Waals surface area contributed by atoms with Crippen LogP contribution in [0.2, 0.25) is 0 Å². The number of guanidine groups is 1. The second-order valence-electron chi connectivity index (χ2n) is 8.27. The number of nitrogens with one attached hydrogen (secondary N) is 2. The van der Waals surface area contributed by atoms with Gasteiger partial charge in [0.05, 0.1) is 11.9 Å². The second kappa shape index (κ2) is 9.79. The average molecular weight is 418 g/mol. The molecular formula is C25H31N5O. The van der Waals surface area contributed by atoms with Crippen LogP contribution in [0, 0.1) is 0 Å². The number of rotatable bonds is 7. The lowest BCUT2D eigenvalue weighted by atomic mass is 9.98. The predicted molar refractivity (Wildman–Crippen MR) is 125 cm³/mol. The molecule has 1 aliphatic heterocycles. The van der Waals surface area contributed by atoms with Crippen LogP contribution in [-0.4, -0.2) is 41.3 Å². The number of hydrogen-bond donors (Lipinski definition) is 2. The van der Waals surface area contributed by atoms with E-state index < -0.39 is 0 Å². The summed E-state index contributed by atoms with van der Waals surface area (Å²) in [7, 11) is 1.80. The topological polar surface area (TPSA) is 63.5 Å². The zero-order valence-corrected chi connectivity index (χ0v) is 18.3. The molecule has 31 heavy (non-hydrogen) atoms. The third-order valence-corrected chi connectivity index (χ3v) is 5.81. The fourth-order valence-electron chi connectivity index (χ4n) is 3.98. The van der Waals surface area contributed by atoms with Crippen LogP contribution in [-0.2, 0) is 17.8 Å². The van der Waals surface area contributed by atoms with Crippen molar-refractivity contribution in [3.05, 3.63) is 78.4 Å². The molecule has 162 valence electrons. The zero-order valence-electron chi connectivity index (χ0n) is 18.3. The third-order valence-electron chi connectivity index (χ3n) is 5.81. The summed E-state index contributed by atoms with van der Waals surface area (Å²) in [4.78, 5) is 8.49. The molecule has 1 atom stereocenters. The van der Waals surface area contributed by atoms with E-state index in [0.717, 1.165) is 38.5 Å². The van der Waals surface area contributed by atoms with Crippen molar-refractivity contribution in [1.82, 2.24) is 20.2 Å². The van der Waals surface area contributed by atoms with Gasteiger partial charge in [0.1, 0.15) is 0 Å². The molecule has 6 heteroatoms. The van der Waals surface area contributed by atoms with Crippen molar-refractivity contribution >= 4 is 5.96 Å². The van der Waals surface area contributed by atoms with E-state index in [4.69, 9.17) is 4.74 Å². The Balaban J connectivity index is 1.39. The van der Waals surface area contributed by atoms with Gasteiger partial charge in [-0.15, -0.1) is 0 Å². The molecule has 4 rings (SSSR count). The number of ether oxygens (including phenoxy) is 1. The van der Waals surface area contributed by atoms with Crippen LogP contribution < -0.4 is 10.6 Å². The molecule has 2 aromatic carbocycles. The first-order chi connectivity index (χ1) is 15.1. The molecule has 0 spiro atoms. The molecule has 0 amide bonds. The number of aliphatic imine (C=N–C) groups is 1. The van der Waals surface area contributed by atoms with Gasteiger partial charge >= 0.3 is 0 Å². The fourth-order valence-corrected chi connectivity index (χ4v) is 3.98. The van der Waals surface area contributed by atoms with Gasteiger partial charge in [-0.2, -0.15) is 0 Å². The van der Waals surface area contributed by atoms with Gasteiger partial charge in [-0.05, 0) is 42.0 Å². The molecule has 1 aromatic heterocycles. The average Bonchev–Trinajstić information content (AvgIpc) is 3.47. The molecule has 6 nitrogen and oxygen atoms in total. The summed E-state index contributed by atoms with van der Waals surface area (Å²) in [5.74, 6) is 0.794. The molecule has 0 saturated carbocycles. The highest BCUT2D eigenvalue weighted by atomic mass is 16.5. The molecule has 1 aliphatic rings. The Kier molecular flexibility index (Phi) is 6.67. The number of aromatic nitrogens is 2. The van der Waals surface area contributed by atoms with Gasteiger partial charge < -0.3 is 19.9 Å². The quantitative estimate of drug-likeness (QED) is 0.453. The minimum Gasteiger partial charge on any atom is -0.373 e. The van der Waals surface area contributed by atoms with Crippen LogP contribution in [0.3, 0.4) is 0 Å². The first kappa shape index (κ1) is 21.1. The van der Waals surface area contributed by atoms with Crippen molar-refractivity contribution in [2.24, 2.45) is 4.99 Å². The molecule has 0 bridgehead atoms. The Labute approximate surface area is 184 Å². The maximum Gasteiger partial charge on any atom is 0.191 e. The molecule has 1 saturated heterocycles. The summed E-state index contributed by atoms with van der Waals surface area (Å²) < 4.78 is 7.94. The van der Waals surface area contributed by atoms with Gasteiger partial charge in [-0.1, -0.05) is 48.5 Å². The van der Waals surface area contributed by atoms with Crippen LogP contribution in [0.4, 0.5) is 0 Å². The van der Waals surface area contributed by atoms with Crippen LogP contribution >= 0.6 is 0 Å². The lowest BCUT2D eigenvalue weighted by Crippen LogP contribution is -2.45. The highest BCUT2D eigenvalue weighted by Gasteiger charge is 2.29. The molecule has 3 aromatic rings. The van der Waals surface area contributed by atoms with E-state index in [-0.39, 0.29) is 5.60 Å². The van der Waals surface area contributed by atoms with Gasteiger partial charge in [-0.25, -0.2) is 4.98 Å². The Morgan fingerprint density at radius 3 is 2.71 bits per heavy atom. The Morgan fingerprint density at radius 2 is 2.00 bits per heavy atom. The molecule has 1 unspecified atom stereocenters. The maximum absolute atomic E-state index is 5.87. The summed E-state index contributed by atoms with van der Waals surface area (Å²) in [5.41, 5.74) is 4.82. The van der Waals surface area contributed by atoms with E-state index in [1.807, 2.05) is 12.5 Å². The smallest absolute Gasteiger partial charge is 0.191 e. The van der Waals surface area contributed by atoms with E-state index >= 15 is 0 Å². The Hall–Kier alpha value is -3.12. The number of benzene rings is 2. The second-order valence-corrected chi connectivity index (χ2v) is 8.27. The Morgan fingerprint density at radius 1 is 1.16 bits per heavy atom. The van der Waals surface area contributed by atoms with Gasteiger partial charge in [0.2, 0.25) is 0 Å². The van der Waals surface area contributed by atoms with Crippen molar-refractivity contribution in [3.63, 3.8) is 0 Å². The summed E-state index contributed by atoms with van der Waals surface area (Å²) in [5, 5.41) is 6.87. The van der Waals surface area contributed by atoms with Crippen molar-refractivity contribution in [2.45, 2.75) is 38.5 Å². The lowest BCUT2D eigenvalue weighted by Gasteiger charge is -2.24. The molecule has 2 heterocycles. The molecule has 2 N–H and O–H groups in total. The predicted octanol–water partition coefficient (Wildman–Crippen LogP) is 3.83. The van der Waals surface area contributed by atoms with E-state index in [0.29, 0.717) is 6.54 Å². The minimum absolute atomic E-state index is 0.103. The highest BCUT2D eigenvalue weighted by Crippen LogP contribution is 2.25. The summed E-state index contributed by atoms with van der Waals surface area (Å²) in [6.45, 7) is 5.29. The van der Waals surface area contributed by atoms with Gasteiger partial charge in [0.15, 0.2) is 5.96 Å². The normalized spacial score (nSPS) is 18.8. The number of nitrogens with zero attached hydrogens (tertiary/aromatic N) is 3. The van der Waals surface area contributed by atoms with Crippen LogP contribution in [0.1, 0.15) is 30.9 Å². The van der Waals surface area contributed by atoms with E-state index in [9.17, 15) is 0 Å². The number of imidazole rings is 1. The van der Waals surface area contributed by atoms with Gasteiger partial charge in [-0.3, -0.25) is 4.99 Å². The molecule has 1 fully saturated rings. The van der Waals surface area contributed by atoms with E-state index in [1.165, 1.54) is 22.3 Å². The summed E-state index contributed by atoms with van der Waals surface area (Å²) >= 11 is 0. The number of hydrogen-bond acceptors (Lipinski definition) is 3. The van der Waals surface area contributed by atoms with Crippen molar-refractivity contribution in [1.29, 1.82) is 0 Å². The fraction of sp³-hybridized carbons (Fsp3) is 0.360. The van der Waals surface area contributed by atoms with Crippen molar-refractivity contribution < 1.29 is 4.74 Å². The standard InChI is InChI=1S/C25H31N5O/c1-25(12-5-15-31-25)18-29-24(26-2)28-16-22-6-3-4-7-23(22)21-10-8-20(9-11-21)17-30-14-13-27-19-30/h3-4,6-11,13-14,19H,5,12,15-18H2,1-2H3,(H2,26,28,29). The largest absolute Gasteiger partial charge is 0.373 e. The SMILES string of the molecule is CN=C(NCc1ccccc1-c1ccc(Cn2ccnc2)cc1)NCC1(C)CCCO1. The first-order valence-electron chi connectivity index (χ1n) is 10.9. The van der Waals surface area contributed by atoms with Crippen LogP contribution in [0.15, 0.2) is 72.2 Å². The van der Waals surface area contributed by atoms with Crippen LogP contribution in [0.5, 0.6) is 0 Å². The summed E-state index contributed by atoms with van der Waals surface area (Å²) in [6.07, 6.45) is 7.83.